The molecule has 13 nitrogen and oxygen atoms in total. The van der Waals surface area contributed by atoms with E-state index in [9.17, 15) is 14.9 Å². The van der Waals surface area contributed by atoms with Crippen molar-refractivity contribution in [3.05, 3.63) is 42.2 Å². The second-order valence-corrected chi connectivity index (χ2v) is 13.2. The van der Waals surface area contributed by atoms with Crippen molar-refractivity contribution in [3.8, 4) is 28.0 Å². The first-order chi connectivity index (χ1) is 21.8. The highest BCUT2D eigenvalue weighted by Crippen LogP contribution is 2.42. The number of rotatable bonds is 7. The van der Waals surface area contributed by atoms with Gasteiger partial charge >= 0.3 is 6.09 Å². The third kappa shape index (κ3) is 5.87. The largest absolute Gasteiger partial charge is 0.446 e. The summed E-state index contributed by atoms with van der Waals surface area (Å²) in [4.78, 5) is 30.2. The van der Waals surface area contributed by atoms with Gasteiger partial charge in [-0.15, -0.1) is 10.2 Å². The molecule has 4 aromatic rings. The molecule has 3 aliphatic rings. The smallest absolute Gasteiger partial charge is 0.404 e. The molecule has 1 aliphatic heterocycles. The number of ether oxygens (including phenoxy) is 1. The number of anilines is 2. The highest BCUT2D eigenvalue weighted by molar-refractivity contribution is 7.18. The van der Waals surface area contributed by atoms with E-state index in [0.29, 0.717) is 17.4 Å². The first-order valence-electron chi connectivity index (χ1n) is 15.3. The maximum Gasteiger partial charge on any atom is 0.404 e. The molecule has 232 valence electrons. The zero-order chi connectivity index (χ0) is 31.1. The van der Waals surface area contributed by atoms with Gasteiger partial charge in [0.2, 0.25) is 11.0 Å². The highest BCUT2D eigenvalue weighted by Gasteiger charge is 2.43. The first-order valence-corrected chi connectivity index (χ1v) is 16.1. The van der Waals surface area contributed by atoms with Crippen molar-refractivity contribution >= 4 is 39.7 Å². The SMILES string of the molecule is CC(=O)N[C@H]1[C@@H]2CC[C@H]1CN(c1nnc(-c3cnc(-c4ccc5cc(C#N)cnn45)cc3NC3CCC(OC(N)=O)CC3)s1)C2. The molecule has 2 saturated carbocycles. The minimum Gasteiger partial charge on any atom is -0.446 e. The number of hydrogen-bond acceptors (Lipinski definition) is 11. The predicted molar refractivity (Wildman–Crippen MR) is 168 cm³/mol. The van der Waals surface area contributed by atoms with Crippen molar-refractivity contribution in [1.29, 1.82) is 5.26 Å². The topological polar surface area (TPSA) is 176 Å². The van der Waals surface area contributed by atoms with Crippen molar-refractivity contribution in [2.75, 3.05) is 23.3 Å². The molecule has 2 aliphatic carbocycles. The fourth-order valence-corrected chi connectivity index (χ4v) is 8.04. The van der Waals surface area contributed by atoms with Gasteiger partial charge in [-0.3, -0.25) is 9.78 Å². The van der Waals surface area contributed by atoms with Crippen molar-refractivity contribution < 1.29 is 14.3 Å². The third-order valence-electron chi connectivity index (χ3n) is 9.23. The second-order valence-electron chi connectivity index (χ2n) is 12.2. The summed E-state index contributed by atoms with van der Waals surface area (Å²) in [6, 6.07) is 10.2. The lowest BCUT2D eigenvalue weighted by Crippen LogP contribution is -2.52. The summed E-state index contributed by atoms with van der Waals surface area (Å²) >= 11 is 1.55. The van der Waals surface area contributed by atoms with Crippen molar-refractivity contribution in [2.24, 2.45) is 17.6 Å². The van der Waals surface area contributed by atoms with Gasteiger partial charge in [0.15, 0.2) is 5.01 Å². The number of aromatic nitrogens is 5. The molecule has 2 amide bonds. The molecular formula is C31H34N10O3S. The van der Waals surface area contributed by atoms with E-state index in [1.807, 2.05) is 24.4 Å². The van der Waals surface area contributed by atoms with Crippen LogP contribution in [0.25, 0.3) is 27.5 Å². The number of carbonyl (C=O) groups is 2. The number of carbonyl (C=O) groups excluding carboxylic acids is 2. The quantitative estimate of drug-likeness (QED) is 0.272. The number of hydrogen-bond donors (Lipinski definition) is 3. The maximum atomic E-state index is 11.8. The van der Waals surface area contributed by atoms with Crippen LogP contribution in [0.3, 0.4) is 0 Å². The normalized spacial score (nSPS) is 24.3. The Morgan fingerprint density at radius 3 is 2.56 bits per heavy atom. The van der Waals surface area contributed by atoms with E-state index in [1.54, 1.807) is 35.0 Å². The third-order valence-corrected chi connectivity index (χ3v) is 10.2. The van der Waals surface area contributed by atoms with E-state index in [1.165, 1.54) is 0 Å². The summed E-state index contributed by atoms with van der Waals surface area (Å²) in [7, 11) is 0. The lowest BCUT2D eigenvalue weighted by molar-refractivity contribution is -0.120. The summed E-state index contributed by atoms with van der Waals surface area (Å²) in [6.45, 7) is 3.28. The van der Waals surface area contributed by atoms with Gasteiger partial charge < -0.3 is 26.0 Å². The van der Waals surface area contributed by atoms with Gasteiger partial charge in [0.05, 0.1) is 34.2 Å². The van der Waals surface area contributed by atoms with Crippen LogP contribution in [-0.4, -0.2) is 68.1 Å². The van der Waals surface area contributed by atoms with E-state index >= 15 is 0 Å². The van der Waals surface area contributed by atoms with Crippen molar-refractivity contribution in [1.82, 2.24) is 30.1 Å². The number of nitrogens with two attached hydrogens (primary N) is 1. The Hall–Kier alpha value is -4.77. The fourth-order valence-electron chi connectivity index (χ4n) is 7.15. The summed E-state index contributed by atoms with van der Waals surface area (Å²) in [5.74, 6) is 0.840. The minimum atomic E-state index is -0.734. The average Bonchev–Trinajstić information content (AvgIpc) is 3.73. The van der Waals surface area contributed by atoms with Crippen LogP contribution in [0.5, 0.6) is 0 Å². The molecule has 0 unspecified atom stereocenters. The Kier molecular flexibility index (Phi) is 7.70. The predicted octanol–water partition coefficient (Wildman–Crippen LogP) is 3.96. The van der Waals surface area contributed by atoms with Gasteiger partial charge in [0.1, 0.15) is 12.2 Å². The molecule has 0 spiro atoms. The van der Waals surface area contributed by atoms with Gasteiger partial charge in [-0.2, -0.15) is 10.4 Å². The van der Waals surface area contributed by atoms with Crippen LogP contribution < -0.4 is 21.3 Å². The number of nitrogens with zero attached hydrogens (tertiary/aromatic N) is 7. The molecule has 4 N–H and O–H groups in total. The van der Waals surface area contributed by atoms with E-state index in [-0.39, 0.29) is 24.1 Å². The van der Waals surface area contributed by atoms with Crippen LogP contribution >= 0.6 is 11.3 Å². The van der Waals surface area contributed by atoms with E-state index < -0.39 is 6.09 Å². The van der Waals surface area contributed by atoms with Crippen LogP contribution in [0.15, 0.2) is 36.7 Å². The Bertz CT molecular complexity index is 1780. The van der Waals surface area contributed by atoms with Gasteiger partial charge in [-0.05, 0) is 74.6 Å². The monoisotopic (exact) mass is 626 g/mol. The minimum absolute atomic E-state index is 0.0317. The Balaban J connectivity index is 1.17. The Morgan fingerprint density at radius 1 is 1.07 bits per heavy atom. The number of piperidine rings is 1. The number of nitrogens with one attached hydrogen (secondary N) is 2. The van der Waals surface area contributed by atoms with Gasteiger partial charge in [-0.25, -0.2) is 9.31 Å². The van der Waals surface area contributed by atoms with Crippen LogP contribution in [0.1, 0.15) is 51.0 Å². The standard InChI is InChI=1S/C31H34N10O3S/c1-17(42)36-28-19-2-3-20(28)16-40(15-19)31-39-38-29(45-31)24-14-34-26(27-9-6-22-10-18(12-32)13-35-41(22)27)11-25(24)37-21-4-7-23(8-5-21)44-30(33)43/h6,9-11,13-14,19-21,23,28H,2-5,7-8,15-16H2,1H3,(H2,33,43)(H,34,37)(H,36,42)/t19-,20+,21?,23?,28+. The number of primary amides is 1. The Labute approximate surface area is 263 Å². The molecule has 0 radical (unpaired) electrons. The number of nitriles is 1. The molecule has 0 aromatic carbocycles. The van der Waals surface area contributed by atoms with Gasteiger partial charge in [-0.1, -0.05) is 11.3 Å². The highest BCUT2D eigenvalue weighted by atomic mass is 32.1. The average molecular weight is 627 g/mol. The molecule has 1 saturated heterocycles. The second kappa shape index (κ2) is 12.0. The molecule has 3 atom stereocenters. The zero-order valence-corrected chi connectivity index (χ0v) is 25.7. The molecule has 7 rings (SSSR count). The van der Waals surface area contributed by atoms with E-state index in [4.69, 9.17) is 15.5 Å². The lowest BCUT2D eigenvalue weighted by Gasteiger charge is -2.37. The summed E-state index contributed by atoms with van der Waals surface area (Å²) in [5, 5.41) is 31.5. The van der Waals surface area contributed by atoms with Crippen LogP contribution in [-0.2, 0) is 9.53 Å². The summed E-state index contributed by atoms with van der Waals surface area (Å²) in [5.41, 5.74) is 9.82. The van der Waals surface area contributed by atoms with E-state index in [0.717, 1.165) is 89.9 Å². The molecule has 4 aromatic heterocycles. The first kappa shape index (κ1) is 29.0. The summed E-state index contributed by atoms with van der Waals surface area (Å²) < 4.78 is 7.02. The summed E-state index contributed by atoms with van der Waals surface area (Å²) in [6.07, 6.45) is 7.76. The maximum absolute atomic E-state index is 11.8. The molecule has 14 heteroatoms. The molecule has 5 heterocycles. The zero-order valence-electron chi connectivity index (χ0n) is 24.8. The number of amides is 2. The molecule has 3 fully saturated rings. The van der Waals surface area contributed by atoms with Crippen molar-refractivity contribution in [3.63, 3.8) is 0 Å². The van der Waals surface area contributed by atoms with Crippen molar-refractivity contribution in [2.45, 2.75) is 63.6 Å². The fraction of sp³-hybridized carbons (Fsp3) is 0.452. The Morgan fingerprint density at radius 2 is 1.84 bits per heavy atom. The molecule has 2 bridgehead atoms. The van der Waals surface area contributed by atoms with Crippen LogP contribution in [0.4, 0.5) is 15.6 Å². The van der Waals surface area contributed by atoms with Gasteiger partial charge in [0.25, 0.3) is 0 Å². The van der Waals surface area contributed by atoms with Gasteiger partial charge in [0, 0.05) is 44.0 Å². The lowest BCUT2D eigenvalue weighted by atomic mass is 9.92. The van der Waals surface area contributed by atoms with Crippen LogP contribution in [0.2, 0.25) is 0 Å². The number of fused-ring (bicyclic) bond motifs is 3. The van der Waals surface area contributed by atoms with E-state index in [2.05, 4.69) is 36.9 Å². The number of pyridine rings is 1. The molecule has 45 heavy (non-hydrogen) atoms. The van der Waals surface area contributed by atoms with Crippen LogP contribution in [0, 0.1) is 23.2 Å². The molecular weight excluding hydrogens is 592 g/mol.